The van der Waals surface area contributed by atoms with Crippen LogP contribution in [-0.2, 0) is 19.2 Å². The van der Waals surface area contributed by atoms with Crippen molar-refractivity contribution in [1.29, 1.82) is 0 Å². The van der Waals surface area contributed by atoms with Gasteiger partial charge in [-0.05, 0) is 52.0 Å². The maximum Gasteiger partial charge on any atom is 0.331 e. The zero-order chi connectivity index (χ0) is 25.4. The molecule has 0 bridgehead atoms. The maximum absolute atomic E-state index is 13.4. The molecule has 2 aliphatic rings. The molecule has 0 saturated carbocycles. The smallest absolute Gasteiger partial charge is 0.331 e. The van der Waals surface area contributed by atoms with Gasteiger partial charge in [0.2, 0.25) is 6.67 Å². The van der Waals surface area contributed by atoms with Crippen molar-refractivity contribution < 1.29 is 28.7 Å². The molecule has 0 atom stereocenters. The Hall–Kier alpha value is -3.36. The third-order valence-corrected chi connectivity index (χ3v) is 6.53. The van der Waals surface area contributed by atoms with Crippen molar-refractivity contribution in [3.8, 4) is 11.5 Å². The Morgan fingerprint density at radius 1 is 0.571 bits per heavy atom. The number of nitrogens with zero attached hydrogens (tertiary/aromatic N) is 2. The van der Waals surface area contributed by atoms with Gasteiger partial charge < -0.3 is 9.47 Å². The summed E-state index contributed by atoms with van der Waals surface area (Å²) in [4.78, 5) is 53.5. The molecule has 2 heterocycles. The van der Waals surface area contributed by atoms with E-state index >= 15 is 0 Å². The lowest BCUT2D eigenvalue weighted by Crippen LogP contribution is -2.69. The lowest BCUT2D eigenvalue weighted by molar-refractivity contribution is -0.145. The van der Waals surface area contributed by atoms with Crippen molar-refractivity contribution in [2.75, 3.05) is 6.67 Å². The molecule has 2 saturated heterocycles. The minimum Gasteiger partial charge on any atom is -0.491 e. The summed E-state index contributed by atoms with van der Waals surface area (Å²) in [5.41, 5.74) is 0.858. The molecule has 35 heavy (non-hydrogen) atoms. The molecule has 4 amide bonds. The maximum atomic E-state index is 13.4. The molecule has 0 unspecified atom stereocenters. The van der Waals surface area contributed by atoms with Crippen LogP contribution in [0.25, 0.3) is 0 Å². The summed E-state index contributed by atoms with van der Waals surface area (Å²) in [6.07, 6.45) is 0.184. The van der Waals surface area contributed by atoms with Gasteiger partial charge in [0.25, 0.3) is 0 Å². The first-order valence-corrected chi connectivity index (χ1v) is 12.0. The van der Waals surface area contributed by atoms with Crippen LogP contribution in [0.4, 0.5) is 11.4 Å². The number of likely N-dealkylation sites (tertiary alicyclic amines) is 2. The number of amides is 4. The molecule has 2 aromatic carbocycles. The highest BCUT2D eigenvalue weighted by molar-refractivity contribution is 6.18. The number of quaternary nitrogens is 2. The van der Waals surface area contributed by atoms with Crippen molar-refractivity contribution in [3.63, 3.8) is 0 Å². The van der Waals surface area contributed by atoms with Crippen LogP contribution >= 0.6 is 0 Å². The van der Waals surface area contributed by atoms with Crippen molar-refractivity contribution in [1.82, 2.24) is 8.97 Å². The Balaban J connectivity index is 1.82. The summed E-state index contributed by atoms with van der Waals surface area (Å²) in [6, 6.07) is 13.6. The Morgan fingerprint density at radius 2 is 0.857 bits per heavy atom. The zero-order valence-electron chi connectivity index (χ0n) is 20.7. The number of hydrogen-bond acceptors (Lipinski definition) is 6. The second-order valence-corrected chi connectivity index (χ2v) is 9.66. The summed E-state index contributed by atoms with van der Waals surface area (Å²) in [5.74, 6) is -0.0675. The molecular formula is C27H32N2O6+2. The van der Waals surface area contributed by atoms with Gasteiger partial charge in [0, 0.05) is 24.3 Å². The van der Waals surface area contributed by atoms with Gasteiger partial charge in [-0.15, -0.1) is 8.97 Å². The van der Waals surface area contributed by atoms with Crippen LogP contribution in [0.1, 0.15) is 53.4 Å². The molecule has 8 nitrogen and oxygen atoms in total. The molecule has 0 N–H and O–H groups in total. The van der Waals surface area contributed by atoms with Gasteiger partial charge in [-0.2, -0.15) is 0 Å². The van der Waals surface area contributed by atoms with Gasteiger partial charge in [-0.3, -0.25) is 0 Å². The normalized spacial score (nSPS) is 19.1. The van der Waals surface area contributed by atoms with Crippen LogP contribution in [0.5, 0.6) is 11.5 Å². The molecule has 2 aromatic rings. The molecule has 184 valence electrons. The minimum atomic E-state index is -0.677. The summed E-state index contributed by atoms with van der Waals surface area (Å²) in [6.45, 7) is 7.33. The van der Waals surface area contributed by atoms with E-state index in [1.165, 1.54) is 0 Å². The lowest BCUT2D eigenvalue weighted by atomic mass is 10.2. The van der Waals surface area contributed by atoms with E-state index in [4.69, 9.17) is 9.47 Å². The Bertz CT molecular complexity index is 1030. The van der Waals surface area contributed by atoms with Gasteiger partial charge in [0.05, 0.1) is 37.9 Å². The zero-order valence-corrected chi connectivity index (χ0v) is 20.7. The second-order valence-electron chi connectivity index (χ2n) is 9.66. The van der Waals surface area contributed by atoms with E-state index < -0.39 is 8.97 Å². The average Bonchev–Trinajstić information content (AvgIpc) is 3.25. The molecule has 8 heteroatoms. The van der Waals surface area contributed by atoms with E-state index in [0.29, 0.717) is 22.9 Å². The van der Waals surface area contributed by atoms with Crippen LogP contribution in [0, 0.1) is 0 Å². The quantitative estimate of drug-likeness (QED) is 0.415. The van der Waals surface area contributed by atoms with E-state index in [1.54, 1.807) is 48.5 Å². The van der Waals surface area contributed by atoms with E-state index in [0.717, 1.165) is 0 Å². The van der Waals surface area contributed by atoms with Gasteiger partial charge >= 0.3 is 23.6 Å². The molecule has 0 aromatic heterocycles. The number of imide groups is 2. The SMILES string of the molecule is CC(C)Oc1ccc([N+]2(C[N+]3(c4ccc(OC(C)C)cc4)C(=O)CCC3=O)C(=O)CCC2=O)cc1. The summed E-state index contributed by atoms with van der Waals surface area (Å²) in [7, 11) is 0. The van der Waals surface area contributed by atoms with E-state index in [1.807, 2.05) is 27.7 Å². The van der Waals surface area contributed by atoms with Crippen molar-refractivity contribution in [2.24, 2.45) is 0 Å². The third-order valence-electron chi connectivity index (χ3n) is 6.53. The molecule has 4 rings (SSSR count). The van der Waals surface area contributed by atoms with E-state index in [9.17, 15) is 19.2 Å². The first-order chi connectivity index (χ1) is 16.6. The monoisotopic (exact) mass is 480 g/mol. The first-order valence-electron chi connectivity index (χ1n) is 12.0. The van der Waals surface area contributed by atoms with Gasteiger partial charge in [-0.25, -0.2) is 19.2 Å². The van der Waals surface area contributed by atoms with Gasteiger partial charge in [0.15, 0.2) is 11.4 Å². The fourth-order valence-electron chi connectivity index (χ4n) is 4.94. The van der Waals surface area contributed by atoms with Crippen molar-refractivity contribution in [2.45, 2.75) is 65.6 Å². The third kappa shape index (κ3) is 4.28. The van der Waals surface area contributed by atoms with Crippen molar-refractivity contribution in [3.05, 3.63) is 48.5 Å². The highest BCUT2D eigenvalue weighted by Crippen LogP contribution is 2.40. The number of benzene rings is 2. The van der Waals surface area contributed by atoms with E-state index in [2.05, 4.69) is 0 Å². The Kier molecular flexibility index (Phi) is 6.62. The van der Waals surface area contributed by atoms with Crippen molar-refractivity contribution >= 4 is 35.0 Å². The van der Waals surface area contributed by atoms with Crippen LogP contribution in [-0.4, -0.2) is 42.5 Å². The standard InChI is InChI=1S/C27H32N2O6/c1-18(2)34-22-9-5-20(6-10-22)28(24(30)13-14-25(28)31)17-29(26(32)15-16-27(29)33)21-7-11-23(12-8-21)35-19(3)4/h5-12,18-19H,13-17H2,1-4H3/q+2. The number of carbonyl (C=O) groups is 4. The largest absolute Gasteiger partial charge is 0.491 e. The van der Waals surface area contributed by atoms with Crippen LogP contribution < -0.4 is 18.4 Å². The van der Waals surface area contributed by atoms with Crippen LogP contribution in [0.3, 0.4) is 0 Å². The number of rotatable bonds is 8. The topological polar surface area (TPSA) is 86.7 Å². The summed E-state index contributed by atoms with van der Waals surface area (Å²) in [5, 5.41) is 0. The molecule has 0 aliphatic carbocycles. The summed E-state index contributed by atoms with van der Waals surface area (Å²) < 4.78 is 10.1. The molecule has 2 aliphatic heterocycles. The molecule has 0 spiro atoms. The fourth-order valence-corrected chi connectivity index (χ4v) is 4.94. The summed E-state index contributed by atoms with van der Waals surface area (Å²) >= 11 is 0. The Labute approximate surface area is 205 Å². The Morgan fingerprint density at radius 3 is 1.11 bits per heavy atom. The molecular weight excluding hydrogens is 448 g/mol. The van der Waals surface area contributed by atoms with Crippen LogP contribution in [0.2, 0.25) is 0 Å². The van der Waals surface area contributed by atoms with E-state index in [-0.39, 0.29) is 68.2 Å². The van der Waals surface area contributed by atoms with Gasteiger partial charge in [0.1, 0.15) is 11.5 Å². The number of ether oxygens (including phenoxy) is 2. The first kappa shape index (κ1) is 24.8. The highest BCUT2D eigenvalue weighted by atomic mass is 16.5. The minimum absolute atomic E-state index is 0.0321. The van der Waals surface area contributed by atoms with Gasteiger partial charge in [-0.1, -0.05) is 0 Å². The second kappa shape index (κ2) is 9.36. The molecule has 0 radical (unpaired) electrons. The average molecular weight is 481 g/mol. The highest BCUT2D eigenvalue weighted by Gasteiger charge is 2.63. The lowest BCUT2D eigenvalue weighted by Gasteiger charge is -2.36. The predicted octanol–water partition coefficient (Wildman–Crippen LogP) is 4.23. The number of hydrogen-bond donors (Lipinski definition) is 0. The number of carbonyl (C=O) groups excluding carboxylic acids is 4. The fraction of sp³-hybridized carbons (Fsp3) is 0.407. The predicted molar refractivity (Wildman–Crippen MR) is 131 cm³/mol. The van der Waals surface area contributed by atoms with Crippen LogP contribution in [0.15, 0.2) is 48.5 Å². The molecule has 2 fully saturated rings.